The van der Waals surface area contributed by atoms with Crippen LogP contribution in [0.2, 0.25) is 0 Å². The topological polar surface area (TPSA) is 50.3 Å². The predicted molar refractivity (Wildman–Crippen MR) is 100 cm³/mol. The van der Waals surface area contributed by atoms with E-state index >= 15 is 0 Å². The zero-order chi connectivity index (χ0) is 17.4. The minimum atomic E-state index is 0.0373. The highest BCUT2D eigenvalue weighted by Gasteiger charge is 2.39. The van der Waals surface area contributed by atoms with E-state index in [1.165, 1.54) is 12.0 Å². The van der Waals surface area contributed by atoms with E-state index in [4.69, 9.17) is 4.74 Å². The van der Waals surface area contributed by atoms with Crippen LogP contribution in [-0.4, -0.2) is 46.3 Å². The summed E-state index contributed by atoms with van der Waals surface area (Å²) in [6.07, 6.45) is 5.56. The molecule has 0 amide bonds. The van der Waals surface area contributed by atoms with Gasteiger partial charge in [0.05, 0.1) is 11.0 Å². The molecule has 1 N–H and O–H groups in total. The van der Waals surface area contributed by atoms with Crippen molar-refractivity contribution in [3.8, 4) is 0 Å². The summed E-state index contributed by atoms with van der Waals surface area (Å²) in [4.78, 5) is 18.2. The molecule has 0 spiro atoms. The molecule has 0 saturated carbocycles. The van der Waals surface area contributed by atoms with Crippen molar-refractivity contribution >= 4 is 11.0 Å². The van der Waals surface area contributed by atoms with Crippen LogP contribution < -0.4 is 5.69 Å². The normalized spacial score (nSPS) is 22.5. The van der Waals surface area contributed by atoms with Crippen molar-refractivity contribution in [1.82, 2.24) is 14.5 Å². The van der Waals surface area contributed by atoms with Gasteiger partial charge in [0.1, 0.15) is 0 Å². The molecule has 0 radical (unpaired) electrons. The van der Waals surface area contributed by atoms with Crippen LogP contribution in [0.5, 0.6) is 0 Å². The lowest BCUT2D eigenvalue weighted by Gasteiger charge is -2.49. The second-order valence-corrected chi connectivity index (χ2v) is 7.73. The van der Waals surface area contributed by atoms with E-state index in [-0.39, 0.29) is 5.69 Å². The maximum Gasteiger partial charge on any atom is 0.326 e. The van der Waals surface area contributed by atoms with Gasteiger partial charge in [-0.05, 0) is 56.7 Å². The molecule has 2 aliphatic rings. The Morgan fingerprint density at radius 1 is 1.24 bits per heavy atom. The first-order valence-electron chi connectivity index (χ1n) is 9.67. The van der Waals surface area contributed by atoms with Crippen molar-refractivity contribution in [3.63, 3.8) is 0 Å². The molecule has 4 rings (SSSR count). The van der Waals surface area contributed by atoms with Gasteiger partial charge in [-0.15, -0.1) is 0 Å². The Balaban J connectivity index is 1.55. The highest BCUT2D eigenvalue weighted by molar-refractivity contribution is 5.76. The Hall–Kier alpha value is -1.59. The molecule has 1 aromatic heterocycles. The Bertz CT molecular complexity index is 793. The number of piperidine rings is 1. The number of ether oxygens (including phenoxy) is 1. The Kier molecular flexibility index (Phi) is 4.46. The number of aryl methyl sites for hydroxylation is 1. The molecular formula is C20H29N3O2. The molecule has 0 unspecified atom stereocenters. The van der Waals surface area contributed by atoms with Crippen LogP contribution in [0.3, 0.4) is 0 Å². The summed E-state index contributed by atoms with van der Waals surface area (Å²) in [5, 5.41) is 0. The van der Waals surface area contributed by atoms with Crippen LogP contribution in [-0.2, 0) is 4.74 Å². The number of aromatic amines is 1. The summed E-state index contributed by atoms with van der Waals surface area (Å²) in [6.45, 7) is 8.31. The van der Waals surface area contributed by atoms with E-state index in [0.717, 1.165) is 63.0 Å². The second-order valence-electron chi connectivity index (χ2n) is 7.73. The lowest BCUT2D eigenvalue weighted by molar-refractivity contribution is -0.0432. The van der Waals surface area contributed by atoms with Crippen molar-refractivity contribution in [2.75, 3.05) is 26.3 Å². The average molecular weight is 343 g/mol. The number of fused-ring (bicyclic) bond motifs is 1. The van der Waals surface area contributed by atoms with E-state index in [2.05, 4.69) is 35.9 Å². The van der Waals surface area contributed by atoms with Crippen LogP contribution in [0, 0.1) is 6.92 Å². The summed E-state index contributed by atoms with van der Waals surface area (Å²) in [5.41, 5.74) is 3.55. The first kappa shape index (κ1) is 16.9. The molecule has 5 nitrogen and oxygen atoms in total. The molecule has 0 bridgehead atoms. The van der Waals surface area contributed by atoms with Crippen LogP contribution in [0.25, 0.3) is 11.0 Å². The number of aromatic nitrogens is 2. The summed E-state index contributed by atoms with van der Waals surface area (Å²) < 4.78 is 7.60. The second kappa shape index (κ2) is 6.61. The third-order valence-corrected chi connectivity index (χ3v) is 6.46. The molecule has 25 heavy (non-hydrogen) atoms. The van der Waals surface area contributed by atoms with Crippen molar-refractivity contribution in [3.05, 3.63) is 34.2 Å². The van der Waals surface area contributed by atoms with E-state index in [1.807, 2.05) is 10.6 Å². The zero-order valence-corrected chi connectivity index (χ0v) is 15.4. The SMILES string of the molecule is CCC1(N2CCC(n3c(=O)[nH]c4ccc(C)cc43)CC2)CCOCC1. The summed E-state index contributed by atoms with van der Waals surface area (Å²) in [6, 6.07) is 6.51. The van der Waals surface area contributed by atoms with E-state index in [0.29, 0.717) is 11.6 Å². The molecule has 0 atom stereocenters. The number of benzene rings is 1. The van der Waals surface area contributed by atoms with Crippen molar-refractivity contribution in [2.24, 2.45) is 0 Å². The van der Waals surface area contributed by atoms with Gasteiger partial charge in [0.25, 0.3) is 0 Å². The Morgan fingerprint density at radius 3 is 2.64 bits per heavy atom. The molecule has 5 heteroatoms. The van der Waals surface area contributed by atoms with Gasteiger partial charge >= 0.3 is 5.69 Å². The van der Waals surface area contributed by atoms with Crippen molar-refractivity contribution in [1.29, 1.82) is 0 Å². The van der Waals surface area contributed by atoms with Crippen LogP contribution in [0.15, 0.2) is 23.0 Å². The highest BCUT2D eigenvalue weighted by Crippen LogP contribution is 2.36. The molecule has 3 heterocycles. The molecule has 2 aromatic rings. The molecule has 0 aliphatic carbocycles. The van der Waals surface area contributed by atoms with Gasteiger partial charge in [-0.3, -0.25) is 9.47 Å². The van der Waals surface area contributed by atoms with Crippen LogP contribution in [0.4, 0.5) is 0 Å². The smallest absolute Gasteiger partial charge is 0.326 e. The van der Waals surface area contributed by atoms with Crippen molar-refractivity contribution in [2.45, 2.75) is 57.5 Å². The van der Waals surface area contributed by atoms with E-state index in [9.17, 15) is 4.79 Å². The van der Waals surface area contributed by atoms with Gasteiger partial charge in [0.2, 0.25) is 0 Å². The van der Waals surface area contributed by atoms with Gasteiger partial charge in [0, 0.05) is 37.9 Å². The zero-order valence-electron chi connectivity index (χ0n) is 15.4. The van der Waals surface area contributed by atoms with Crippen LogP contribution >= 0.6 is 0 Å². The number of likely N-dealkylation sites (tertiary alicyclic amines) is 1. The van der Waals surface area contributed by atoms with E-state index in [1.54, 1.807) is 0 Å². The summed E-state index contributed by atoms with van der Waals surface area (Å²) in [7, 11) is 0. The molecule has 2 saturated heterocycles. The molecule has 2 aliphatic heterocycles. The van der Waals surface area contributed by atoms with Gasteiger partial charge in [0.15, 0.2) is 0 Å². The fourth-order valence-corrected chi connectivity index (χ4v) is 4.84. The molecule has 1 aromatic carbocycles. The fraction of sp³-hybridized carbons (Fsp3) is 0.650. The lowest BCUT2D eigenvalue weighted by Crippen LogP contribution is -2.54. The maximum atomic E-state index is 12.5. The first-order chi connectivity index (χ1) is 12.1. The number of imidazole rings is 1. The number of nitrogens with zero attached hydrogens (tertiary/aromatic N) is 2. The van der Waals surface area contributed by atoms with Gasteiger partial charge < -0.3 is 9.72 Å². The predicted octanol–water partition coefficient (Wildman–Crippen LogP) is 3.23. The minimum Gasteiger partial charge on any atom is -0.381 e. The summed E-state index contributed by atoms with van der Waals surface area (Å²) in [5.74, 6) is 0. The third-order valence-electron chi connectivity index (χ3n) is 6.46. The fourth-order valence-electron chi connectivity index (χ4n) is 4.84. The highest BCUT2D eigenvalue weighted by atomic mass is 16.5. The maximum absolute atomic E-state index is 12.5. The van der Waals surface area contributed by atoms with E-state index < -0.39 is 0 Å². The Morgan fingerprint density at radius 2 is 1.96 bits per heavy atom. The quantitative estimate of drug-likeness (QED) is 0.931. The van der Waals surface area contributed by atoms with Gasteiger partial charge in [-0.2, -0.15) is 0 Å². The number of rotatable bonds is 3. The molecular weight excluding hydrogens is 314 g/mol. The van der Waals surface area contributed by atoms with Gasteiger partial charge in [-0.1, -0.05) is 13.0 Å². The number of hydrogen-bond acceptors (Lipinski definition) is 3. The molecule has 136 valence electrons. The standard InChI is InChI=1S/C20H29N3O2/c1-3-20(8-12-25-13-9-20)22-10-6-16(7-11-22)23-18-14-15(2)4-5-17(18)21-19(23)24/h4-5,14,16H,3,6-13H2,1-2H3,(H,21,24). The third kappa shape index (κ3) is 2.93. The minimum absolute atomic E-state index is 0.0373. The van der Waals surface area contributed by atoms with Crippen LogP contribution in [0.1, 0.15) is 50.6 Å². The van der Waals surface area contributed by atoms with Gasteiger partial charge in [-0.25, -0.2) is 4.79 Å². The van der Waals surface area contributed by atoms with Crippen molar-refractivity contribution < 1.29 is 4.74 Å². The molecule has 2 fully saturated rings. The number of hydrogen-bond donors (Lipinski definition) is 1. The monoisotopic (exact) mass is 343 g/mol. The Labute approximate surface area is 149 Å². The average Bonchev–Trinajstić information content (AvgIpc) is 2.97. The first-order valence-corrected chi connectivity index (χ1v) is 9.67. The summed E-state index contributed by atoms with van der Waals surface area (Å²) >= 11 is 0. The largest absolute Gasteiger partial charge is 0.381 e. The number of nitrogens with one attached hydrogen (secondary N) is 1. The number of H-pyrrole nitrogens is 1. The lowest BCUT2D eigenvalue weighted by atomic mass is 9.83.